The zero-order valence-corrected chi connectivity index (χ0v) is 24.5. The number of anilines is 4. The molecule has 1 unspecified atom stereocenters. The quantitative estimate of drug-likeness (QED) is 0.515. The predicted octanol–water partition coefficient (Wildman–Crippen LogP) is 5.06. The van der Waals surface area contributed by atoms with Crippen LogP contribution in [0.4, 0.5) is 32.5 Å². The first-order chi connectivity index (χ1) is 20.8. The third-order valence-electron chi connectivity index (χ3n) is 11.8. The minimum absolute atomic E-state index is 0.00324. The molecule has 43 heavy (non-hydrogen) atoms. The maximum absolute atomic E-state index is 14.2. The number of benzene rings is 1. The molecule has 1 saturated heterocycles. The summed E-state index contributed by atoms with van der Waals surface area (Å²) in [7, 11) is 0. The Morgan fingerprint density at radius 3 is 2.14 bits per heavy atom. The fourth-order valence-corrected chi connectivity index (χ4v) is 9.80. The molecule has 10 heteroatoms. The minimum atomic E-state index is -0.656. The molecule has 4 amide bonds. The fourth-order valence-electron chi connectivity index (χ4n) is 9.80. The zero-order chi connectivity index (χ0) is 29.5. The van der Waals surface area contributed by atoms with Crippen LogP contribution in [0.3, 0.4) is 0 Å². The zero-order valence-electron chi connectivity index (χ0n) is 24.5. The standard InChI is InChI=1S/C33H40N6O4/c34-31(42)39(29-22-14-20-13-21(16-22)17-23(29)15-20)32(43)38-12-11-37(26-3-1-2-4-27(26)38)28-6-5-24(19-35-28)36-9-7-33(8-10-36)18-25(33)30(40)41/h1-6,19-23,25,29H,7-18H2,(H2,34,42)(H,40,41). The molecule has 4 bridgehead atoms. The lowest BCUT2D eigenvalue weighted by Gasteiger charge is -2.56. The number of hydrogen-bond acceptors (Lipinski definition) is 6. The molecule has 2 aromatic rings. The molecule has 3 heterocycles. The number of primary amides is 1. The van der Waals surface area contributed by atoms with Gasteiger partial charge in [-0.15, -0.1) is 0 Å². The molecule has 1 spiro atoms. The number of hydrogen-bond donors (Lipinski definition) is 2. The van der Waals surface area contributed by atoms with Gasteiger partial charge in [-0.3, -0.25) is 9.69 Å². The number of fused-ring (bicyclic) bond motifs is 1. The average molecular weight is 585 g/mol. The van der Waals surface area contributed by atoms with E-state index in [9.17, 15) is 19.5 Å². The van der Waals surface area contributed by atoms with Crippen molar-refractivity contribution in [2.24, 2.45) is 40.7 Å². The van der Waals surface area contributed by atoms with E-state index in [1.54, 1.807) is 4.90 Å². The third-order valence-corrected chi connectivity index (χ3v) is 11.8. The van der Waals surface area contributed by atoms with Gasteiger partial charge in [-0.25, -0.2) is 19.5 Å². The molecule has 1 aromatic heterocycles. The number of nitrogens with zero attached hydrogens (tertiary/aromatic N) is 5. The molecule has 5 saturated carbocycles. The molecule has 2 aliphatic heterocycles. The maximum atomic E-state index is 14.2. The minimum Gasteiger partial charge on any atom is -0.481 e. The Bertz CT molecular complexity index is 1430. The summed E-state index contributed by atoms with van der Waals surface area (Å²) in [5.41, 5.74) is 8.65. The summed E-state index contributed by atoms with van der Waals surface area (Å²) in [5.74, 6) is 2.17. The molecular weight excluding hydrogens is 544 g/mol. The Kier molecular flexibility index (Phi) is 6.14. The number of piperidine rings is 1. The maximum Gasteiger partial charge on any atom is 0.333 e. The number of rotatable bonds is 4. The number of imide groups is 1. The van der Waals surface area contributed by atoms with Gasteiger partial charge in [0.15, 0.2) is 0 Å². The average Bonchev–Trinajstić information content (AvgIpc) is 3.71. The van der Waals surface area contributed by atoms with Crippen LogP contribution < -0.4 is 20.4 Å². The van der Waals surface area contributed by atoms with Crippen LogP contribution >= 0.6 is 0 Å². The number of carbonyl (C=O) groups is 3. The van der Waals surface area contributed by atoms with Crippen LogP contribution in [0.1, 0.15) is 51.4 Å². The van der Waals surface area contributed by atoms with Gasteiger partial charge >= 0.3 is 18.0 Å². The molecule has 6 fully saturated rings. The number of para-hydroxylation sites is 2. The Labute approximate surface area is 251 Å². The van der Waals surface area contributed by atoms with Crippen LogP contribution in [0.5, 0.6) is 0 Å². The van der Waals surface area contributed by atoms with Crippen molar-refractivity contribution < 1.29 is 19.5 Å². The van der Waals surface area contributed by atoms with E-state index in [0.29, 0.717) is 24.9 Å². The highest BCUT2D eigenvalue weighted by Gasteiger charge is 2.59. The van der Waals surface area contributed by atoms with Gasteiger partial charge in [-0.05, 0) is 105 Å². The number of aliphatic carboxylic acids is 1. The van der Waals surface area contributed by atoms with Gasteiger partial charge in [0.2, 0.25) is 0 Å². The van der Waals surface area contributed by atoms with E-state index >= 15 is 0 Å². The number of carboxylic acid groups (broad SMARTS) is 1. The molecule has 10 nitrogen and oxygen atoms in total. The van der Waals surface area contributed by atoms with Crippen molar-refractivity contribution in [3.63, 3.8) is 0 Å². The molecule has 226 valence electrons. The Balaban J connectivity index is 1.000. The first kappa shape index (κ1) is 26.8. The molecular formula is C33H40N6O4. The van der Waals surface area contributed by atoms with E-state index in [0.717, 1.165) is 92.8 Å². The van der Waals surface area contributed by atoms with Crippen molar-refractivity contribution in [1.29, 1.82) is 0 Å². The van der Waals surface area contributed by atoms with Crippen molar-refractivity contribution in [2.45, 2.75) is 57.4 Å². The number of aromatic nitrogens is 1. The smallest absolute Gasteiger partial charge is 0.333 e. The van der Waals surface area contributed by atoms with E-state index in [4.69, 9.17) is 10.7 Å². The lowest BCUT2D eigenvalue weighted by molar-refractivity contribution is -0.139. The van der Waals surface area contributed by atoms with Gasteiger partial charge < -0.3 is 20.6 Å². The summed E-state index contributed by atoms with van der Waals surface area (Å²) in [5, 5.41) is 9.41. The first-order valence-corrected chi connectivity index (χ1v) is 16.0. The van der Waals surface area contributed by atoms with Crippen molar-refractivity contribution in [1.82, 2.24) is 9.88 Å². The lowest BCUT2D eigenvalue weighted by atomic mass is 9.54. The van der Waals surface area contributed by atoms with Crippen LogP contribution in [0.25, 0.3) is 0 Å². The number of carboxylic acids is 1. The van der Waals surface area contributed by atoms with Gasteiger partial charge in [0.05, 0.1) is 29.2 Å². The van der Waals surface area contributed by atoms with Crippen LogP contribution in [0.2, 0.25) is 0 Å². The van der Waals surface area contributed by atoms with Crippen LogP contribution in [-0.2, 0) is 4.79 Å². The first-order valence-electron chi connectivity index (χ1n) is 16.0. The van der Waals surface area contributed by atoms with Crippen molar-refractivity contribution >= 4 is 40.9 Å². The van der Waals surface area contributed by atoms with E-state index in [2.05, 4.69) is 15.9 Å². The van der Waals surface area contributed by atoms with Crippen LogP contribution in [0.15, 0.2) is 42.6 Å². The molecule has 5 aliphatic carbocycles. The summed E-state index contributed by atoms with van der Waals surface area (Å²) in [6.07, 6.45) is 10.2. The van der Waals surface area contributed by atoms with E-state index in [-0.39, 0.29) is 23.4 Å². The molecule has 3 N–H and O–H groups in total. The fraction of sp³-hybridized carbons (Fsp3) is 0.576. The normalized spacial score (nSPS) is 31.6. The number of pyridine rings is 1. The molecule has 1 aromatic carbocycles. The second-order valence-electron chi connectivity index (χ2n) is 14.0. The number of amides is 4. The number of urea groups is 2. The Morgan fingerprint density at radius 1 is 0.884 bits per heavy atom. The summed E-state index contributed by atoms with van der Waals surface area (Å²) < 4.78 is 0. The van der Waals surface area contributed by atoms with E-state index < -0.39 is 12.0 Å². The topological polar surface area (TPSA) is 123 Å². The Morgan fingerprint density at radius 2 is 1.56 bits per heavy atom. The predicted molar refractivity (Wildman–Crippen MR) is 162 cm³/mol. The van der Waals surface area contributed by atoms with Gasteiger partial charge in [0.1, 0.15) is 5.82 Å². The van der Waals surface area contributed by atoms with E-state index in [1.165, 1.54) is 11.3 Å². The lowest BCUT2D eigenvalue weighted by Crippen LogP contribution is -2.63. The summed E-state index contributed by atoms with van der Waals surface area (Å²) in [4.78, 5) is 50.9. The number of carbonyl (C=O) groups excluding carboxylic acids is 2. The van der Waals surface area contributed by atoms with Crippen LogP contribution in [-0.4, -0.2) is 65.2 Å². The summed E-state index contributed by atoms with van der Waals surface area (Å²) in [6.45, 7) is 2.66. The highest BCUT2D eigenvalue weighted by molar-refractivity contribution is 6.05. The van der Waals surface area contributed by atoms with Gasteiger partial charge in [0.25, 0.3) is 0 Å². The molecule has 9 rings (SSSR count). The monoisotopic (exact) mass is 584 g/mol. The summed E-state index contributed by atoms with van der Waals surface area (Å²) in [6, 6.07) is 10.9. The van der Waals surface area contributed by atoms with Gasteiger partial charge in [-0.2, -0.15) is 0 Å². The largest absolute Gasteiger partial charge is 0.481 e. The van der Waals surface area contributed by atoms with E-state index in [1.807, 2.05) is 36.5 Å². The Hall–Kier alpha value is -3.82. The van der Waals surface area contributed by atoms with Gasteiger partial charge in [0, 0.05) is 32.2 Å². The van der Waals surface area contributed by atoms with Crippen molar-refractivity contribution in [2.75, 3.05) is 40.9 Å². The third kappa shape index (κ3) is 4.35. The highest BCUT2D eigenvalue weighted by Crippen LogP contribution is 2.59. The second kappa shape index (κ2) is 9.86. The SMILES string of the molecule is NC(=O)N(C(=O)N1CCN(c2ccc(N3CCC4(CC3)CC4C(=O)O)cn2)c2ccccc21)C1C2CC3CC(C2)CC1C3. The number of nitrogens with two attached hydrogens (primary N) is 1. The molecule has 1 atom stereocenters. The van der Waals surface area contributed by atoms with Crippen molar-refractivity contribution in [3.8, 4) is 0 Å². The van der Waals surface area contributed by atoms with Crippen LogP contribution in [0, 0.1) is 35.0 Å². The second-order valence-corrected chi connectivity index (χ2v) is 14.0. The van der Waals surface area contributed by atoms with Gasteiger partial charge in [-0.1, -0.05) is 12.1 Å². The molecule has 7 aliphatic rings. The molecule has 0 radical (unpaired) electrons. The highest BCUT2D eigenvalue weighted by atomic mass is 16.4. The summed E-state index contributed by atoms with van der Waals surface area (Å²) >= 11 is 0. The van der Waals surface area contributed by atoms with Crippen molar-refractivity contribution in [3.05, 3.63) is 42.6 Å².